The van der Waals surface area contributed by atoms with Crippen LogP contribution >= 0.6 is 0 Å². The molecule has 0 atom stereocenters. The van der Waals surface area contributed by atoms with Gasteiger partial charge < -0.3 is 0 Å². The molecule has 2 aromatic rings. The van der Waals surface area contributed by atoms with Gasteiger partial charge in [-0.1, -0.05) is 0 Å². The van der Waals surface area contributed by atoms with E-state index in [9.17, 15) is 0 Å². The van der Waals surface area contributed by atoms with Crippen molar-refractivity contribution < 1.29 is 0 Å². The molecular formula is C13H13N3. The van der Waals surface area contributed by atoms with Crippen molar-refractivity contribution in [3.63, 3.8) is 0 Å². The van der Waals surface area contributed by atoms with E-state index in [0.29, 0.717) is 0 Å². The van der Waals surface area contributed by atoms with Gasteiger partial charge in [0.2, 0.25) is 0 Å². The van der Waals surface area contributed by atoms with Crippen LogP contribution in [0.2, 0.25) is 0 Å². The normalized spacial score (nSPS) is 13.8. The summed E-state index contributed by atoms with van der Waals surface area (Å²) in [6.45, 7) is 2.17. The first-order valence-electron chi connectivity index (χ1n) is 5.60. The molecule has 0 saturated carbocycles. The minimum Gasteiger partial charge on any atom is -0.260 e. The van der Waals surface area contributed by atoms with Crippen LogP contribution in [0.3, 0.4) is 0 Å². The first-order valence-corrected chi connectivity index (χ1v) is 5.60. The molecular weight excluding hydrogens is 198 g/mol. The number of pyridine rings is 1. The Morgan fingerprint density at radius 3 is 2.94 bits per heavy atom. The van der Waals surface area contributed by atoms with Gasteiger partial charge >= 0.3 is 0 Å². The summed E-state index contributed by atoms with van der Waals surface area (Å²) in [6, 6.07) is 1.94. The predicted molar refractivity (Wildman–Crippen MR) is 62.0 cm³/mol. The lowest BCUT2D eigenvalue weighted by Crippen LogP contribution is -1.96. The largest absolute Gasteiger partial charge is 0.260 e. The summed E-state index contributed by atoms with van der Waals surface area (Å²) in [7, 11) is 0. The molecule has 0 N–H and O–H groups in total. The Morgan fingerprint density at radius 1 is 1.19 bits per heavy atom. The SMILES string of the molecule is Cc1c(-c2ccncn2)cnc2c1CCC2. The second-order valence-electron chi connectivity index (χ2n) is 4.17. The Labute approximate surface area is 94.6 Å². The highest BCUT2D eigenvalue weighted by Crippen LogP contribution is 2.29. The molecule has 1 aliphatic carbocycles. The van der Waals surface area contributed by atoms with Crippen LogP contribution in [0.4, 0.5) is 0 Å². The predicted octanol–water partition coefficient (Wildman–Crippen LogP) is 2.34. The number of fused-ring (bicyclic) bond motifs is 1. The summed E-state index contributed by atoms with van der Waals surface area (Å²) < 4.78 is 0. The smallest absolute Gasteiger partial charge is 0.116 e. The monoisotopic (exact) mass is 211 g/mol. The van der Waals surface area contributed by atoms with Gasteiger partial charge in [0.05, 0.1) is 5.69 Å². The lowest BCUT2D eigenvalue weighted by Gasteiger charge is -2.09. The molecule has 0 amide bonds. The second kappa shape index (κ2) is 3.67. The van der Waals surface area contributed by atoms with Crippen LogP contribution in [0.1, 0.15) is 23.2 Å². The van der Waals surface area contributed by atoms with Crippen molar-refractivity contribution in [3.8, 4) is 11.3 Å². The van der Waals surface area contributed by atoms with E-state index in [1.807, 2.05) is 12.3 Å². The standard InChI is InChI=1S/C13H13N3/c1-9-10-3-2-4-12(10)15-7-11(9)13-5-6-14-8-16-13/h5-8H,2-4H2,1H3. The average Bonchev–Trinajstić information content (AvgIpc) is 2.80. The summed E-state index contributed by atoms with van der Waals surface area (Å²) in [6.07, 6.45) is 8.82. The van der Waals surface area contributed by atoms with Crippen LogP contribution < -0.4 is 0 Å². The third-order valence-corrected chi connectivity index (χ3v) is 3.25. The fourth-order valence-electron chi connectivity index (χ4n) is 2.38. The molecule has 0 spiro atoms. The Hall–Kier alpha value is -1.77. The summed E-state index contributed by atoms with van der Waals surface area (Å²) in [5.74, 6) is 0. The van der Waals surface area contributed by atoms with Gasteiger partial charge in [0, 0.05) is 23.7 Å². The van der Waals surface area contributed by atoms with Crippen molar-refractivity contribution >= 4 is 0 Å². The van der Waals surface area contributed by atoms with Gasteiger partial charge in [-0.2, -0.15) is 0 Å². The Balaban J connectivity index is 2.16. The van der Waals surface area contributed by atoms with Gasteiger partial charge in [-0.05, 0) is 43.4 Å². The summed E-state index contributed by atoms with van der Waals surface area (Å²) in [5, 5.41) is 0. The lowest BCUT2D eigenvalue weighted by molar-refractivity contribution is 0.898. The minimum atomic E-state index is 0.967. The van der Waals surface area contributed by atoms with Crippen LogP contribution in [0.25, 0.3) is 11.3 Å². The minimum absolute atomic E-state index is 0.967. The average molecular weight is 211 g/mol. The number of aromatic nitrogens is 3. The second-order valence-corrected chi connectivity index (χ2v) is 4.17. The summed E-state index contributed by atoms with van der Waals surface area (Å²) >= 11 is 0. The zero-order valence-electron chi connectivity index (χ0n) is 9.27. The van der Waals surface area contributed by atoms with E-state index in [1.54, 1.807) is 12.5 Å². The van der Waals surface area contributed by atoms with Crippen LogP contribution in [0.15, 0.2) is 24.8 Å². The van der Waals surface area contributed by atoms with Gasteiger partial charge in [0.1, 0.15) is 6.33 Å². The van der Waals surface area contributed by atoms with Gasteiger partial charge in [-0.25, -0.2) is 9.97 Å². The lowest BCUT2D eigenvalue weighted by atomic mass is 10.0. The molecule has 3 nitrogen and oxygen atoms in total. The Kier molecular flexibility index (Phi) is 2.17. The van der Waals surface area contributed by atoms with Crippen molar-refractivity contribution in [1.29, 1.82) is 0 Å². The number of hydrogen-bond acceptors (Lipinski definition) is 3. The van der Waals surface area contributed by atoms with E-state index < -0.39 is 0 Å². The summed E-state index contributed by atoms with van der Waals surface area (Å²) in [4.78, 5) is 12.8. The van der Waals surface area contributed by atoms with Gasteiger partial charge in [0.25, 0.3) is 0 Å². The Morgan fingerprint density at radius 2 is 2.12 bits per heavy atom. The zero-order chi connectivity index (χ0) is 11.0. The number of nitrogens with zero attached hydrogens (tertiary/aromatic N) is 3. The highest BCUT2D eigenvalue weighted by atomic mass is 14.8. The van der Waals surface area contributed by atoms with E-state index >= 15 is 0 Å². The van der Waals surface area contributed by atoms with E-state index in [2.05, 4.69) is 21.9 Å². The molecule has 0 saturated heterocycles. The Bertz CT molecular complexity index is 520. The van der Waals surface area contributed by atoms with E-state index in [1.165, 1.54) is 23.2 Å². The third kappa shape index (κ3) is 1.40. The van der Waals surface area contributed by atoms with E-state index in [-0.39, 0.29) is 0 Å². The fraction of sp³-hybridized carbons (Fsp3) is 0.308. The van der Waals surface area contributed by atoms with Crippen molar-refractivity contribution in [2.24, 2.45) is 0 Å². The van der Waals surface area contributed by atoms with E-state index in [0.717, 1.165) is 24.1 Å². The van der Waals surface area contributed by atoms with Crippen LogP contribution in [0, 0.1) is 6.92 Å². The topological polar surface area (TPSA) is 38.7 Å². The molecule has 80 valence electrons. The van der Waals surface area contributed by atoms with Crippen molar-refractivity contribution in [2.45, 2.75) is 26.2 Å². The van der Waals surface area contributed by atoms with Crippen LogP contribution in [-0.4, -0.2) is 15.0 Å². The molecule has 16 heavy (non-hydrogen) atoms. The number of hydrogen-bond donors (Lipinski definition) is 0. The molecule has 0 unspecified atom stereocenters. The van der Waals surface area contributed by atoms with Crippen molar-refractivity contribution in [3.05, 3.63) is 41.6 Å². The molecule has 1 aliphatic rings. The first-order chi connectivity index (χ1) is 7.86. The number of aryl methyl sites for hydroxylation is 1. The number of rotatable bonds is 1. The molecule has 0 fully saturated rings. The zero-order valence-corrected chi connectivity index (χ0v) is 9.27. The molecule has 2 heterocycles. The van der Waals surface area contributed by atoms with Gasteiger partial charge in [0.15, 0.2) is 0 Å². The molecule has 0 aliphatic heterocycles. The third-order valence-electron chi connectivity index (χ3n) is 3.25. The van der Waals surface area contributed by atoms with Crippen molar-refractivity contribution in [2.75, 3.05) is 0 Å². The fourth-order valence-corrected chi connectivity index (χ4v) is 2.38. The summed E-state index contributed by atoms with van der Waals surface area (Å²) in [5.41, 5.74) is 6.14. The molecule has 2 aromatic heterocycles. The first kappa shape index (κ1) is 9.46. The highest BCUT2D eigenvalue weighted by Gasteiger charge is 2.17. The highest BCUT2D eigenvalue weighted by molar-refractivity contribution is 5.64. The van der Waals surface area contributed by atoms with E-state index in [4.69, 9.17) is 0 Å². The molecule has 3 rings (SSSR count). The maximum atomic E-state index is 4.54. The molecule has 3 heteroatoms. The van der Waals surface area contributed by atoms with Crippen molar-refractivity contribution in [1.82, 2.24) is 15.0 Å². The van der Waals surface area contributed by atoms with Gasteiger partial charge in [-0.3, -0.25) is 4.98 Å². The maximum absolute atomic E-state index is 4.54. The maximum Gasteiger partial charge on any atom is 0.116 e. The van der Waals surface area contributed by atoms with Gasteiger partial charge in [-0.15, -0.1) is 0 Å². The molecule has 0 bridgehead atoms. The van der Waals surface area contributed by atoms with Crippen LogP contribution in [0.5, 0.6) is 0 Å². The molecule has 0 aromatic carbocycles. The van der Waals surface area contributed by atoms with Crippen LogP contribution in [-0.2, 0) is 12.8 Å². The quantitative estimate of drug-likeness (QED) is 0.726. The molecule has 0 radical (unpaired) electrons.